The van der Waals surface area contributed by atoms with Crippen molar-refractivity contribution in [2.45, 2.75) is 18.6 Å². The minimum absolute atomic E-state index is 0.130. The average Bonchev–Trinajstić information content (AvgIpc) is 2.81. The van der Waals surface area contributed by atoms with Gasteiger partial charge in [-0.05, 0) is 30.3 Å². The summed E-state index contributed by atoms with van der Waals surface area (Å²) in [6.45, 7) is 0. The van der Waals surface area contributed by atoms with Gasteiger partial charge in [-0.15, -0.1) is 0 Å². The van der Waals surface area contributed by atoms with Crippen molar-refractivity contribution < 1.29 is 46.9 Å². The van der Waals surface area contributed by atoms with E-state index in [-0.39, 0.29) is 22.6 Å². The lowest BCUT2D eigenvalue weighted by Crippen LogP contribution is -2.44. The third-order valence-corrected chi connectivity index (χ3v) is 4.27. The van der Waals surface area contributed by atoms with Gasteiger partial charge in [-0.2, -0.15) is 13.2 Å². The molecular formula is C21H18F3N5O7. The number of nitrogens with one attached hydrogen (secondary N) is 3. The van der Waals surface area contributed by atoms with E-state index in [2.05, 4.69) is 15.1 Å². The largest absolute Gasteiger partial charge is 0.495 e. The normalized spacial score (nSPS) is 11.5. The second-order valence-electron chi connectivity index (χ2n) is 6.99. The first-order valence-electron chi connectivity index (χ1n) is 9.72. The summed E-state index contributed by atoms with van der Waals surface area (Å²) < 4.78 is 36.5. The van der Waals surface area contributed by atoms with Gasteiger partial charge >= 0.3 is 18.1 Å². The molecule has 2 aromatic rings. The summed E-state index contributed by atoms with van der Waals surface area (Å²) in [5, 5.41) is 11.9. The molecule has 0 fully saturated rings. The lowest BCUT2D eigenvalue weighted by molar-refractivity contribution is -0.286. The van der Waals surface area contributed by atoms with E-state index in [1.807, 2.05) is 5.32 Å². The number of amidine groups is 1. The van der Waals surface area contributed by atoms with Crippen molar-refractivity contribution in [3.63, 3.8) is 0 Å². The van der Waals surface area contributed by atoms with Gasteiger partial charge in [0.15, 0.2) is 0 Å². The molecule has 0 heterocycles. The molecule has 0 unspecified atom stereocenters. The van der Waals surface area contributed by atoms with Gasteiger partial charge in [0.2, 0.25) is 5.91 Å². The van der Waals surface area contributed by atoms with Crippen LogP contribution in [0.15, 0.2) is 48.5 Å². The molecule has 3 amide bonds. The summed E-state index contributed by atoms with van der Waals surface area (Å²) >= 11 is 0. The number of primary amides is 1. The minimum Gasteiger partial charge on any atom is -0.384 e. The molecule has 0 saturated heterocycles. The van der Waals surface area contributed by atoms with Crippen LogP contribution in [0.2, 0.25) is 0 Å². The molecule has 2 rings (SSSR count). The van der Waals surface area contributed by atoms with Crippen LogP contribution in [-0.4, -0.2) is 47.7 Å². The summed E-state index contributed by atoms with van der Waals surface area (Å²) in [7, 11) is 0. The summed E-state index contributed by atoms with van der Waals surface area (Å²) in [6, 6.07) is 9.16. The number of halogens is 3. The van der Waals surface area contributed by atoms with Crippen molar-refractivity contribution in [3.8, 4) is 0 Å². The Bertz CT molecular complexity index is 1200. The maximum absolute atomic E-state index is 12.5. The minimum atomic E-state index is -5.46. The number of carbonyl (C=O) groups is 5. The molecule has 190 valence electrons. The van der Waals surface area contributed by atoms with E-state index in [1.54, 1.807) is 0 Å². The third-order valence-electron chi connectivity index (χ3n) is 4.27. The van der Waals surface area contributed by atoms with E-state index in [1.165, 1.54) is 48.5 Å². The van der Waals surface area contributed by atoms with Gasteiger partial charge < -0.3 is 22.1 Å². The third kappa shape index (κ3) is 7.82. The molecule has 0 aliphatic heterocycles. The van der Waals surface area contributed by atoms with Crippen LogP contribution >= 0.6 is 0 Å². The maximum Gasteiger partial charge on any atom is 0.495 e. The standard InChI is InChI=1S/C21H18F3N5O7/c22-21(23,24)20(34)36-35-19(33)14(9-15(25)30)29-18(32)12-2-1-3-13(8-12)28-17(31)11-6-4-10(5-7-11)16(26)27/h1-8,14H,9H2,(H2,25,30)(H3,26,27)(H,28,31)(H,29,32)/t14-/m0/s1. The first kappa shape index (κ1) is 27.3. The van der Waals surface area contributed by atoms with Crippen molar-refractivity contribution in [2.75, 3.05) is 5.32 Å². The van der Waals surface area contributed by atoms with Crippen molar-refractivity contribution >= 4 is 41.2 Å². The fourth-order valence-electron chi connectivity index (χ4n) is 2.56. The molecule has 7 N–H and O–H groups in total. The second kappa shape index (κ2) is 11.5. The molecule has 12 nitrogen and oxygen atoms in total. The first-order valence-corrected chi connectivity index (χ1v) is 9.72. The predicted molar refractivity (Wildman–Crippen MR) is 115 cm³/mol. The zero-order valence-electron chi connectivity index (χ0n) is 18.0. The molecule has 1 atom stereocenters. The van der Waals surface area contributed by atoms with Gasteiger partial charge in [0, 0.05) is 22.4 Å². The van der Waals surface area contributed by atoms with Crippen molar-refractivity contribution in [1.29, 1.82) is 5.41 Å². The molecular weight excluding hydrogens is 491 g/mol. The maximum atomic E-state index is 12.5. The number of benzene rings is 2. The molecule has 0 aliphatic carbocycles. The summed E-state index contributed by atoms with van der Waals surface area (Å²) in [5.74, 6) is -7.40. The fourth-order valence-corrected chi connectivity index (χ4v) is 2.56. The smallest absolute Gasteiger partial charge is 0.384 e. The number of hydrogen-bond acceptors (Lipinski definition) is 8. The quantitative estimate of drug-likeness (QED) is 0.148. The summed E-state index contributed by atoms with van der Waals surface area (Å²) in [6.07, 6.45) is -6.34. The summed E-state index contributed by atoms with van der Waals surface area (Å²) in [5.41, 5.74) is 11.0. The van der Waals surface area contributed by atoms with Crippen LogP contribution in [0.25, 0.3) is 0 Å². The Morgan fingerprint density at radius 2 is 1.50 bits per heavy atom. The van der Waals surface area contributed by atoms with Crippen LogP contribution in [0.5, 0.6) is 0 Å². The average molecular weight is 509 g/mol. The Labute approximate surface area is 200 Å². The Hall–Kier alpha value is -4.95. The highest BCUT2D eigenvalue weighted by atomic mass is 19.4. The van der Waals surface area contributed by atoms with Gasteiger partial charge in [0.1, 0.15) is 11.9 Å². The Kier molecular flexibility index (Phi) is 8.69. The van der Waals surface area contributed by atoms with Crippen molar-refractivity contribution in [1.82, 2.24) is 5.32 Å². The fraction of sp³-hybridized carbons (Fsp3) is 0.143. The van der Waals surface area contributed by atoms with Crippen molar-refractivity contribution in [2.24, 2.45) is 11.5 Å². The molecule has 0 bridgehead atoms. The highest BCUT2D eigenvalue weighted by Gasteiger charge is 2.43. The number of anilines is 1. The Morgan fingerprint density at radius 1 is 0.889 bits per heavy atom. The zero-order chi connectivity index (χ0) is 27.0. The lowest BCUT2D eigenvalue weighted by atomic mass is 10.1. The van der Waals surface area contributed by atoms with Crippen LogP contribution < -0.4 is 22.1 Å². The zero-order valence-corrected chi connectivity index (χ0v) is 18.0. The molecule has 0 aromatic heterocycles. The van der Waals surface area contributed by atoms with E-state index in [9.17, 15) is 37.1 Å². The van der Waals surface area contributed by atoms with Crippen LogP contribution in [-0.2, 0) is 24.2 Å². The number of hydrogen-bond donors (Lipinski definition) is 5. The van der Waals surface area contributed by atoms with Crippen molar-refractivity contribution in [3.05, 3.63) is 65.2 Å². The number of nitrogen functional groups attached to an aromatic ring is 1. The molecule has 0 spiro atoms. The van der Waals surface area contributed by atoms with E-state index in [0.29, 0.717) is 5.56 Å². The van der Waals surface area contributed by atoms with Gasteiger partial charge in [0.25, 0.3) is 11.8 Å². The number of alkyl halides is 3. The van der Waals surface area contributed by atoms with E-state index >= 15 is 0 Å². The topological polar surface area (TPSA) is 204 Å². The Balaban J connectivity index is 2.09. The molecule has 0 saturated carbocycles. The molecule has 0 radical (unpaired) electrons. The van der Waals surface area contributed by atoms with Crippen LogP contribution in [0.3, 0.4) is 0 Å². The number of rotatable bonds is 8. The van der Waals surface area contributed by atoms with Gasteiger partial charge in [0.05, 0.1) is 6.42 Å². The number of amides is 3. The number of nitrogens with two attached hydrogens (primary N) is 2. The SMILES string of the molecule is N=C(N)c1ccc(C(=O)Nc2cccc(C(=O)N[C@@H](CC(N)=O)C(=O)OOC(=O)C(F)(F)F)c2)cc1. The number of carbonyl (C=O) groups excluding carboxylic acids is 5. The van der Waals surface area contributed by atoms with Gasteiger partial charge in [-0.1, -0.05) is 18.2 Å². The van der Waals surface area contributed by atoms with E-state index in [0.717, 1.165) is 0 Å². The molecule has 36 heavy (non-hydrogen) atoms. The molecule has 2 aromatic carbocycles. The second-order valence-corrected chi connectivity index (χ2v) is 6.99. The molecule has 15 heteroatoms. The van der Waals surface area contributed by atoms with Crippen LogP contribution in [0, 0.1) is 5.41 Å². The highest BCUT2D eigenvalue weighted by molar-refractivity contribution is 6.06. The van der Waals surface area contributed by atoms with Crippen LogP contribution in [0.4, 0.5) is 18.9 Å². The monoisotopic (exact) mass is 509 g/mol. The van der Waals surface area contributed by atoms with E-state index in [4.69, 9.17) is 16.9 Å². The van der Waals surface area contributed by atoms with Crippen LogP contribution in [0.1, 0.15) is 32.7 Å². The summed E-state index contributed by atoms with van der Waals surface area (Å²) in [4.78, 5) is 65.9. The lowest BCUT2D eigenvalue weighted by Gasteiger charge is -2.15. The highest BCUT2D eigenvalue weighted by Crippen LogP contribution is 2.17. The van der Waals surface area contributed by atoms with E-state index < -0.39 is 48.3 Å². The van der Waals surface area contributed by atoms with Gasteiger partial charge in [-0.25, -0.2) is 19.4 Å². The molecule has 0 aliphatic rings. The van der Waals surface area contributed by atoms with Gasteiger partial charge in [-0.3, -0.25) is 19.8 Å². The predicted octanol–water partition coefficient (Wildman–Crippen LogP) is 0.760. The first-order chi connectivity index (χ1) is 16.8. The Morgan fingerprint density at radius 3 is 2.06 bits per heavy atom.